The summed E-state index contributed by atoms with van der Waals surface area (Å²) in [5.41, 5.74) is 11.8. The molecule has 3 aromatic rings. The molecule has 5 N–H and O–H groups in total. The maximum absolute atomic E-state index is 13.3. The highest BCUT2D eigenvalue weighted by Crippen LogP contribution is 2.28. The van der Waals surface area contributed by atoms with Crippen molar-refractivity contribution in [2.75, 3.05) is 51.6 Å². The van der Waals surface area contributed by atoms with Crippen LogP contribution in [0.25, 0.3) is 0 Å². The zero-order valence-corrected chi connectivity index (χ0v) is 26.6. The molecule has 0 fully saturated rings. The molecule has 0 aliphatic heterocycles. The van der Waals surface area contributed by atoms with E-state index in [2.05, 4.69) is 16.1 Å². The number of carbonyl (C=O) groups excluding carboxylic acids is 3. The molecule has 11 nitrogen and oxygen atoms in total. The molecule has 0 atom stereocenters. The number of methoxy groups -OCH3 is 1. The number of aryl methyl sites for hydroxylation is 1. The summed E-state index contributed by atoms with van der Waals surface area (Å²) in [4.78, 5) is 38.3. The predicted molar refractivity (Wildman–Crippen MR) is 176 cm³/mol. The topological polar surface area (TPSA) is 144 Å². The number of hydrogen-bond acceptors (Lipinski definition) is 8. The van der Waals surface area contributed by atoms with Gasteiger partial charge in [-0.25, -0.2) is 5.01 Å². The van der Waals surface area contributed by atoms with Crippen molar-refractivity contribution < 1.29 is 28.6 Å². The molecule has 0 aromatic heterocycles. The minimum Gasteiger partial charge on any atom is -0.493 e. The summed E-state index contributed by atoms with van der Waals surface area (Å²) in [6.07, 6.45) is 3.50. The number of unbranched alkanes of at least 4 members (excludes halogenated alkanes) is 2. The van der Waals surface area contributed by atoms with Crippen LogP contribution in [0.5, 0.6) is 11.5 Å². The zero-order valence-electron chi connectivity index (χ0n) is 26.6. The number of carbonyl (C=O) groups is 3. The smallest absolute Gasteiger partial charge is 0.259 e. The predicted octanol–water partition coefficient (Wildman–Crippen LogP) is 4.91. The number of rotatable bonds is 18. The fourth-order valence-corrected chi connectivity index (χ4v) is 4.47. The fourth-order valence-electron chi connectivity index (χ4n) is 4.47. The highest BCUT2D eigenvalue weighted by Gasteiger charge is 2.17. The lowest BCUT2D eigenvalue weighted by Crippen LogP contribution is -2.35. The third kappa shape index (κ3) is 11.5. The van der Waals surface area contributed by atoms with Gasteiger partial charge >= 0.3 is 0 Å². The number of nitrogens with two attached hydrogens (primary N) is 1. The van der Waals surface area contributed by atoms with Gasteiger partial charge in [-0.1, -0.05) is 18.2 Å². The van der Waals surface area contributed by atoms with Gasteiger partial charge in [0.1, 0.15) is 11.5 Å². The van der Waals surface area contributed by atoms with Crippen molar-refractivity contribution in [3.05, 3.63) is 82.9 Å². The normalized spacial score (nSPS) is 10.8. The van der Waals surface area contributed by atoms with Gasteiger partial charge in [0.15, 0.2) is 0 Å². The van der Waals surface area contributed by atoms with Crippen LogP contribution >= 0.6 is 0 Å². The first kappa shape index (κ1) is 35.0. The van der Waals surface area contributed by atoms with Gasteiger partial charge in [0.2, 0.25) is 5.91 Å². The lowest BCUT2D eigenvalue weighted by molar-refractivity contribution is -0.124. The molecule has 0 spiro atoms. The van der Waals surface area contributed by atoms with E-state index in [4.69, 9.17) is 19.9 Å². The number of nitrogens with zero attached hydrogens (tertiary/aromatic N) is 1. The molecule has 0 aliphatic carbocycles. The Labute approximate surface area is 265 Å². The quantitative estimate of drug-likeness (QED) is 0.116. The number of ether oxygens (including phenoxy) is 3. The Morgan fingerprint density at radius 1 is 0.800 bits per heavy atom. The van der Waals surface area contributed by atoms with Crippen molar-refractivity contribution >= 4 is 29.1 Å². The van der Waals surface area contributed by atoms with Gasteiger partial charge in [0.25, 0.3) is 11.8 Å². The first-order valence-corrected chi connectivity index (χ1v) is 15.1. The van der Waals surface area contributed by atoms with Gasteiger partial charge in [0, 0.05) is 44.4 Å². The molecule has 0 saturated carbocycles. The first-order valence-electron chi connectivity index (χ1n) is 15.1. The monoisotopic (exact) mass is 619 g/mol. The van der Waals surface area contributed by atoms with E-state index >= 15 is 0 Å². The third-order valence-corrected chi connectivity index (χ3v) is 6.69. The van der Waals surface area contributed by atoms with Crippen LogP contribution in [-0.2, 0) is 16.1 Å². The average Bonchev–Trinajstić information content (AvgIpc) is 3.01. The zero-order chi connectivity index (χ0) is 32.6. The van der Waals surface area contributed by atoms with E-state index in [-0.39, 0.29) is 24.3 Å². The number of benzene rings is 3. The molecule has 3 aromatic carbocycles. The van der Waals surface area contributed by atoms with E-state index in [1.807, 2.05) is 25.1 Å². The van der Waals surface area contributed by atoms with Crippen LogP contribution in [0.15, 0.2) is 60.7 Å². The lowest BCUT2D eigenvalue weighted by Gasteiger charge is -2.16. The van der Waals surface area contributed by atoms with Gasteiger partial charge in [-0.3, -0.25) is 19.8 Å². The second kappa shape index (κ2) is 18.4. The molecule has 45 heavy (non-hydrogen) atoms. The van der Waals surface area contributed by atoms with Crippen LogP contribution < -0.4 is 31.3 Å². The van der Waals surface area contributed by atoms with E-state index in [1.54, 1.807) is 68.7 Å². The Balaban J connectivity index is 1.65. The van der Waals surface area contributed by atoms with Crippen molar-refractivity contribution in [3.8, 4) is 11.5 Å². The van der Waals surface area contributed by atoms with Crippen LogP contribution in [0.2, 0.25) is 0 Å². The summed E-state index contributed by atoms with van der Waals surface area (Å²) in [6.45, 7) is 3.49. The van der Waals surface area contributed by atoms with E-state index in [1.165, 1.54) is 0 Å². The maximum atomic E-state index is 13.3. The van der Waals surface area contributed by atoms with E-state index in [9.17, 15) is 14.4 Å². The lowest BCUT2D eigenvalue weighted by atomic mass is 10.1. The second-order valence-corrected chi connectivity index (χ2v) is 10.8. The molecule has 242 valence electrons. The van der Waals surface area contributed by atoms with E-state index < -0.39 is 0 Å². The van der Waals surface area contributed by atoms with Crippen LogP contribution in [-0.4, -0.2) is 63.7 Å². The summed E-state index contributed by atoms with van der Waals surface area (Å²) < 4.78 is 17.2. The highest BCUT2D eigenvalue weighted by molar-refractivity contribution is 6.08. The van der Waals surface area contributed by atoms with Crippen LogP contribution in [0, 0.1) is 6.92 Å². The minimum absolute atomic E-state index is 0.0114. The number of para-hydroxylation sites is 1. The van der Waals surface area contributed by atoms with E-state index in [0.29, 0.717) is 72.2 Å². The number of hydrazine groups is 1. The van der Waals surface area contributed by atoms with Gasteiger partial charge in [-0.2, -0.15) is 0 Å². The SMILES string of the molecule is COCc1cc(C(=O)Nc2ccc(C)cc2OCCCCCC(=O)NN(C)C)ccc1NC(=O)c1ccccc1OCCCN. The first-order chi connectivity index (χ1) is 21.7. The fraction of sp³-hybridized carbons (Fsp3) is 0.382. The summed E-state index contributed by atoms with van der Waals surface area (Å²) in [5.74, 6) is 0.358. The molecule has 0 bridgehead atoms. The van der Waals surface area contributed by atoms with Gasteiger partial charge in [0.05, 0.1) is 31.1 Å². The van der Waals surface area contributed by atoms with Crippen LogP contribution in [0.1, 0.15) is 63.9 Å². The Hall–Kier alpha value is -4.45. The molecule has 3 amide bonds. The van der Waals surface area contributed by atoms with E-state index in [0.717, 1.165) is 24.8 Å². The number of hydrogen-bond donors (Lipinski definition) is 4. The molecule has 0 aliphatic rings. The summed E-state index contributed by atoms with van der Waals surface area (Å²) >= 11 is 0. The Kier molecular flexibility index (Phi) is 14.3. The maximum Gasteiger partial charge on any atom is 0.259 e. The van der Waals surface area contributed by atoms with Crippen LogP contribution in [0.3, 0.4) is 0 Å². The standard InChI is InChI=1S/C34H45N5O6/c1-24-14-16-29(31(21-24)45-19-9-5-6-13-32(40)38-39(2)3)37-33(41)25-15-17-28(26(22-25)23-43-4)36-34(42)27-11-7-8-12-30(27)44-20-10-18-35/h7-8,11-12,14-17,21-22H,5-6,9-10,13,18-20,23,35H2,1-4H3,(H,36,42)(H,37,41)(H,38,40). The van der Waals surface area contributed by atoms with Gasteiger partial charge in [-0.05, 0) is 87.2 Å². The minimum atomic E-state index is -0.342. The number of amides is 3. The van der Waals surface area contributed by atoms with Crippen molar-refractivity contribution in [3.63, 3.8) is 0 Å². The Bertz CT molecular complexity index is 1430. The Morgan fingerprint density at radius 3 is 2.27 bits per heavy atom. The average molecular weight is 620 g/mol. The van der Waals surface area contributed by atoms with Gasteiger partial charge < -0.3 is 30.6 Å². The number of nitrogens with one attached hydrogen (secondary N) is 3. The molecule has 0 radical (unpaired) electrons. The molecule has 0 unspecified atom stereocenters. The molecule has 11 heteroatoms. The van der Waals surface area contributed by atoms with Gasteiger partial charge in [-0.15, -0.1) is 0 Å². The molecular formula is C34H45N5O6. The van der Waals surface area contributed by atoms with Crippen LogP contribution in [0.4, 0.5) is 11.4 Å². The second-order valence-electron chi connectivity index (χ2n) is 10.8. The molecule has 3 rings (SSSR count). The van der Waals surface area contributed by atoms with Crippen molar-refractivity contribution in [1.82, 2.24) is 10.4 Å². The van der Waals surface area contributed by atoms with Crippen molar-refractivity contribution in [1.29, 1.82) is 0 Å². The summed E-state index contributed by atoms with van der Waals surface area (Å²) in [7, 11) is 5.11. The summed E-state index contributed by atoms with van der Waals surface area (Å²) in [6, 6.07) is 17.6. The molecular weight excluding hydrogens is 574 g/mol. The third-order valence-electron chi connectivity index (χ3n) is 6.69. The highest BCUT2D eigenvalue weighted by atomic mass is 16.5. The molecule has 0 heterocycles. The molecule has 0 saturated heterocycles. The van der Waals surface area contributed by atoms with Crippen molar-refractivity contribution in [2.24, 2.45) is 5.73 Å². The largest absolute Gasteiger partial charge is 0.493 e. The Morgan fingerprint density at radius 2 is 1.51 bits per heavy atom. The summed E-state index contributed by atoms with van der Waals surface area (Å²) in [5, 5.41) is 7.51. The number of anilines is 2. The van der Waals surface area contributed by atoms with Crippen molar-refractivity contribution in [2.45, 2.75) is 45.6 Å².